The highest BCUT2D eigenvalue weighted by Gasteiger charge is 2.20. The van der Waals surface area contributed by atoms with Crippen LogP contribution in [0.5, 0.6) is 0 Å². The summed E-state index contributed by atoms with van der Waals surface area (Å²) in [6.45, 7) is 6.33. The van der Waals surface area contributed by atoms with E-state index in [0.29, 0.717) is 25.1 Å². The van der Waals surface area contributed by atoms with E-state index in [-0.39, 0.29) is 35.8 Å². The molecule has 33 heavy (non-hydrogen) atoms. The van der Waals surface area contributed by atoms with E-state index in [2.05, 4.69) is 34.7 Å². The maximum absolute atomic E-state index is 12.7. The number of anilines is 1. The van der Waals surface area contributed by atoms with Gasteiger partial charge in [0, 0.05) is 43.9 Å². The molecule has 0 saturated heterocycles. The number of rotatable bonds is 9. The summed E-state index contributed by atoms with van der Waals surface area (Å²) in [6, 6.07) is 9.96. The first-order chi connectivity index (χ1) is 15.8. The molecule has 7 heteroatoms. The van der Waals surface area contributed by atoms with Crippen molar-refractivity contribution in [1.29, 1.82) is 0 Å². The Labute approximate surface area is 195 Å². The first-order valence-electron chi connectivity index (χ1n) is 11.4. The van der Waals surface area contributed by atoms with Gasteiger partial charge >= 0.3 is 0 Å². The predicted octanol–water partition coefficient (Wildman–Crippen LogP) is 3.81. The standard InChI is InChI=1S/C26H32N4O3/c1-5-18-7-6-8-20(11-18)21-12-22(25(28-14-21)26(33)17(2)3)29-23(31)15-27-13-19-9-10-24(32)30(4)16-19/h6-8,11-12,14,16-17,27H,5,9-10,13,15H2,1-4H3,(H,29,31). The Kier molecular flexibility index (Phi) is 8.11. The summed E-state index contributed by atoms with van der Waals surface area (Å²) in [5.41, 5.74) is 4.79. The van der Waals surface area contributed by atoms with Crippen molar-refractivity contribution < 1.29 is 14.4 Å². The average molecular weight is 449 g/mol. The van der Waals surface area contributed by atoms with Crippen LogP contribution in [-0.2, 0) is 16.0 Å². The molecular weight excluding hydrogens is 416 g/mol. The van der Waals surface area contributed by atoms with E-state index in [1.54, 1.807) is 18.1 Å². The molecule has 2 aromatic rings. The zero-order chi connectivity index (χ0) is 24.0. The van der Waals surface area contributed by atoms with Crippen LogP contribution >= 0.6 is 0 Å². The summed E-state index contributed by atoms with van der Waals surface area (Å²) in [5, 5.41) is 5.99. The van der Waals surface area contributed by atoms with E-state index in [4.69, 9.17) is 0 Å². The van der Waals surface area contributed by atoms with Gasteiger partial charge in [-0.15, -0.1) is 0 Å². The lowest BCUT2D eigenvalue weighted by molar-refractivity contribution is -0.128. The topological polar surface area (TPSA) is 91.4 Å². The molecule has 0 bridgehead atoms. The van der Waals surface area contributed by atoms with Crippen molar-refractivity contribution in [2.75, 3.05) is 25.5 Å². The fourth-order valence-electron chi connectivity index (χ4n) is 3.68. The third kappa shape index (κ3) is 6.35. The van der Waals surface area contributed by atoms with Gasteiger partial charge in [0.1, 0.15) is 5.69 Å². The lowest BCUT2D eigenvalue weighted by Gasteiger charge is -2.21. The number of aromatic nitrogens is 1. The van der Waals surface area contributed by atoms with Crippen LogP contribution in [0.2, 0.25) is 0 Å². The van der Waals surface area contributed by atoms with Gasteiger partial charge in [-0.25, -0.2) is 0 Å². The molecule has 1 aromatic carbocycles. The van der Waals surface area contributed by atoms with Crippen molar-refractivity contribution >= 4 is 23.3 Å². The van der Waals surface area contributed by atoms with Crippen LogP contribution in [-0.4, -0.2) is 47.6 Å². The largest absolute Gasteiger partial charge is 0.323 e. The Bertz CT molecular complexity index is 1070. The van der Waals surface area contributed by atoms with Crippen molar-refractivity contribution in [3.63, 3.8) is 0 Å². The highest BCUT2D eigenvalue weighted by atomic mass is 16.2. The van der Waals surface area contributed by atoms with Gasteiger partial charge in [0.15, 0.2) is 5.78 Å². The van der Waals surface area contributed by atoms with Crippen LogP contribution in [0.25, 0.3) is 11.1 Å². The van der Waals surface area contributed by atoms with E-state index in [0.717, 1.165) is 23.1 Å². The summed E-state index contributed by atoms with van der Waals surface area (Å²) >= 11 is 0. The number of aryl methyl sites for hydroxylation is 1. The quantitative estimate of drug-likeness (QED) is 0.569. The second-order valence-electron chi connectivity index (χ2n) is 8.64. The van der Waals surface area contributed by atoms with Gasteiger partial charge in [-0.05, 0) is 35.6 Å². The molecule has 0 fully saturated rings. The predicted molar refractivity (Wildman–Crippen MR) is 130 cm³/mol. The molecule has 1 aliphatic rings. The zero-order valence-electron chi connectivity index (χ0n) is 19.8. The summed E-state index contributed by atoms with van der Waals surface area (Å²) in [5.74, 6) is -0.517. The Hall–Kier alpha value is -3.32. The molecule has 3 rings (SSSR count). The lowest BCUT2D eigenvalue weighted by atomic mass is 10.00. The number of benzene rings is 1. The Balaban J connectivity index is 1.74. The molecule has 2 heterocycles. The highest BCUT2D eigenvalue weighted by Crippen LogP contribution is 2.26. The normalized spacial score (nSPS) is 13.8. The third-order valence-electron chi connectivity index (χ3n) is 5.66. The summed E-state index contributed by atoms with van der Waals surface area (Å²) in [7, 11) is 1.73. The fourth-order valence-corrected chi connectivity index (χ4v) is 3.68. The molecule has 7 nitrogen and oxygen atoms in total. The van der Waals surface area contributed by atoms with Crippen LogP contribution in [0.4, 0.5) is 5.69 Å². The maximum Gasteiger partial charge on any atom is 0.238 e. The van der Waals surface area contributed by atoms with E-state index in [9.17, 15) is 14.4 Å². The average Bonchev–Trinajstić information content (AvgIpc) is 2.81. The molecular formula is C26H32N4O3. The van der Waals surface area contributed by atoms with Crippen molar-refractivity contribution in [3.05, 3.63) is 59.6 Å². The molecule has 0 aliphatic carbocycles. The zero-order valence-corrected chi connectivity index (χ0v) is 19.8. The maximum atomic E-state index is 12.7. The fraction of sp³-hybridized carbons (Fsp3) is 0.385. The van der Waals surface area contributed by atoms with Crippen molar-refractivity contribution in [2.45, 2.75) is 40.0 Å². The van der Waals surface area contributed by atoms with Crippen molar-refractivity contribution in [3.8, 4) is 11.1 Å². The van der Waals surface area contributed by atoms with Crippen LogP contribution < -0.4 is 10.6 Å². The van der Waals surface area contributed by atoms with E-state index >= 15 is 0 Å². The minimum Gasteiger partial charge on any atom is -0.323 e. The molecule has 174 valence electrons. The van der Waals surface area contributed by atoms with Gasteiger partial charge in [0.05, 0.1) is 12.2 Å². The van der Waals surface area contributed by atoms with Crippen LogP contribution in [0.3, 0.4) is 0 Å². The SMILES string of the molecule is CCc1cccc(-c2cnc(C(=O)C(C)C)c(NC(=O)CNCC3=CN(C)C(=O)CC3)c2)c1. The van der Waals surface area contributed by atoms with Crippen LogP contribution in [0, 0.1) is 5.92 Å². The van der Waals surface area contributed by atoms with E-state index in [1.807, 2.05) is 38.2 Å². The number of carbonyl (C=O) groups is 3. The smallest absolute Gasteiger partial charge is 0.238 e. The van der Waals surface area contributed by atoms with Gasteiger partial charge in [-0.1, -0.05) is 45.0 Å². The molecule has 0 saturated carbocycles. The summed E-state index contributed by atoms with van der Waals surface area (Å²) in [6.07, 6.45) is 5.59. The molecule has 2 amide bonds. The van der Waals surface area contributed by atoms with Gasteiger partial charge < -0.3 is 15.5 Å². The molecule has 0 unspecified atom stereocenters. The number of carbonyl (C=O) groups excluding carboxylic acids is 3. The number of Topliss-reactive ketones (excluding diaryl/α,β-unsaturated/α-hetero) is 1. The minimum absolute atomic E-state index is 0.0832. The highest BCUT2D eigenvalue weighted by molar-refractivity contribution is 6.05. The second kappa shape index (κ2) is 11.0. The minimum atomic E-state index is -0.255. The molecule has 0 radical (unpaired) electrons. The number of ketones is 1. The van der Waals surface area contributed by atoms with Gasteiger partial charge in [0.25, 0.3) is 0 Å². The Morgan fingerprint density at radius 3 is 2.64 bits per heavy atom. The lowest BCUT2D eigenvalue weighted by Crippen LogP contribution is -2.32. The monoisotopic (exact) mass is 448 g/mol. The van der Waals surface area contributed by atoms with Gasteiger partial charge in [0.2, 0.25) is 11.8 Å². The number of amides is 2. The van der Waals surface area contributed by atoms with E-state index in [1.165, 1.54) is 5.56 Å². The van der Waals surface area contributed by atoms with Crippen LogP contribution in [0.1, 0.15) is 49.7 Å². The molecule has 0 atom stereocenters. The van der Waals surface area contributed by atoms with E-state index < -0.39 is 0 Å². The number of nitrogens with one attached hydrogen (secondary N) is 2. The van der Waals surface area contributed by atoms with Crippen molar-refractivity contribution in [2.24, 2.45) is 5.92 Å². The molecule has 1 aliphatic heterocycles. The Morgan fingerprint density at radius 2 is 1.94 bits per heavy atom. The molecule has 1 aromatic heterocycles. The van der Waals surface area contributed by atoms with Gasteiger partial charge in [-0.3, -0.25) is 19.4 Å². The van der Waals surface area contributed by atoms with Crippen molar-refractivity contribution in [1.82, 2.24) is 15.2 Å². The van der Waals surface area contributed by atoms with Crippen LogP contribution in [0.15, 0.2) is 48.3 Å². The first-order valence-corrected chi connectivity index (χ1v) is 11.4. The second-order valence-corrected chi connectivity index (χ2v) is 8.64. The van der Waals surface area contributed by atoms with Gasteiger partial charge in [-0.2, -0.15) is 0 Å². The summed E-state index contributed by atoms with van der Waals surface area (Å²) in [4.78, 5) is 43.0. The molecule has 0 spiro atoms. The number of hydrogen-bond donors (Lipinski definition) is 2. The first kappa shape index (κ1) is 24.3. The molecule has 2 N–H and O–H groups in total. The number of pyridine rings is 1. The third-order valence-corrected chi connectivity index (χ3v) is 5.66. The summed E-state index contributed by atoms with van der Waals surface area (Å²) < 4.78 is 0. The Morgan fingerprint density at radius 1 is 1.15 bits per heavy atom. The number of hydrogen-bond acceptors (Lipinski definition) is 5. The number of nitrogens with zero attached hydrogens (tertiary/aromatic N) is 2.